The molecule has 10 amide bonds. The lowest BCUT2D eigenvalue weighted by molar-refractivity contribution is 0.255. The van der Waals surface area contributed by atoms with E-state index in [1.54, 1.807) is 55.1 Å². The lowest BCUT2D eigenvalue weighted by Gasteiger charge is -2.24. The molecule has 806 valence electrons. The molecular weight excluding hydrogens is 2020 g/mol. The van der Waals surface area contributed by atoms with E-state index in [1.807, 2.05) is 85.8 Å². The molecule has 0 radical (unpaired) electrons. The molecule has 2 fully saturated rings. The summed E-state index contributed by atoms with van der Waals surface area (Å²) in [6, 6.07) is 15.2. The lowest BCUT2D eigenvalue weighted by Crippen LogP contribution is -2.38. The van der Waals surface area contributed by atoms with Crippen molar-refractivity contribution in [3.63, 3.8) is 0 Å². The molecular formula is C104H139N25O16S5. The van der Waals surface area contributed by atoms with Crippen molar-refractivity contribution in [3.8, 4) is 5.75 Å². The van der Waals surface area contributed by atoms with Gasteiger partial charge in [0, 0.05) is 105 Å². The highest BCUT2D eigenvalue weighted by atomic mass is 32.2. The normalized spacial score (nSPS) is 17.1. The molecule has 10 aromatic rings. The topological polar surface area (TPSA) is 508 Å². The van der Waals surface area contributed by atoms with Crippen molar-refractivity contribution < 1.29 is 70.8 Å². The Balaban J connectivity index is 0.000000122. The van der Waals surface area contributed by atoms with Gasteiger partial charge in [-0.25, -0.2) is 47.6 Å². The predicted molar refractivity (Wildman–Crippen MR) is 569 cm³/mol. The number of nitrogens with zero attached hydrogens (tertiary/aromatic N) is 13. The van der Waals surface area contributed by atoms with E-state index in [0.717, 1.165) is 313 Å². The number of nitrogens with one attached hydrogen (secondary N) is 12. The van der Waals surface area contributed by atoms with Gasteiger partial charge in [0.2, 0.25) is 0 Å². The molecule has 46 heteroatoms. The second kappa shape index (κ2) is 44.6. The van der Waals surface area contributed by atoms with Crippen molar-refractivity contribution in [3.05, 3.63) is 196 Å². The Morgan fingerprint density at radius 1 is 0.407 bits per heavy atom. The van der Waals surface area contributed by atoms with Crippen LogP contribution in [0.25, 0.3) is 0 Å². The molecule has 2 aliphatic heterocycles. The van der Waals surface area contributed by atoms with Crippen LogP contribution < -0.4 is 65.6 Å². The SMILES string of the molecule is CCn1nc(S(=O)(=O)NC(=O)Nc2c3c(cc4c2CCO4)CCC3)cc1CN(C)C.CN1CCC(n2ccc(S(=O)(=O)NC(=O)Nc3c4c(cc5c3CCC5)CCC4)n2)C1.CNCC(C)(C)n1ccc(S(=O)(=O)NC(=O)Nc2c3c(cc4c2CCC4)CCC3)n1.CNCc1cc(S(=O)(=O)NC(=O)Nc2c3c(cc4c2CCC4)CCC3)nn1C1CC1.C[C@@H](CN(C)C)n1ccc(S(=O)(=O)NC(=O)Nc2c3c(cc4c2CCC4)CCC3)n1. The number of sulfonamides is 5. The number of amides is 10. The summed E-state index contributed by atoms with van der Waals surface area (Å²) < 4.78 is 152. The van der Waals surface area contributed by atoms with Crippen molar-refractivity contribution in [2.24, 2.45) is 0 Å². The van der Waals surface area contributed by atoms with Crippen molar-refractivity contribution in [2.45, 2.75) is 295 Å². The zero-order valence-corrected chi connectivity index (χ0v) is 91.3. The quantitative estimate of drug-likeness (QED) is 0.0217. The molecule has 5 aromatic carbocycles. The van der Waals surface area contributed by atoms with E-state index in [2.05, 4.69) is 115 Å². The van der Waals surface area contributed by atoms with Crippen molar-refractivity contribution in [1.29, 1.82) is 0 Å². The third-order valence-electron chi connectivity index (χ3n) is 30.1. The molecule has 41 nitrogen and oxygen atoms in total. The number of anilines is 5. The number of likely N-dealkylation sites (tertiary alicyclic amines) is 1. The second-order valence-electron chi connectivity index (χ2n) is 42.3. The second-order valence-corrected chi connectivity index (χ2v) is 50.4. The molecule has 12 aliphatic rings. The molecule has 0 spiro atoms. The van der Waals surface area contributed by atoms with Crippen LogP contribution in [0.1, 0.15) is 240 Å². The first-order valence-corrected chi connectivity index (χ1v) is 59.8. The van der Waals surface area contributed by atoms with Crippen LogP contribution >= 0.6 is 0 Å². The highest BCUT2D eigenvalue weighted by molar-refractivity contribution is 7.91. The lowest BCUT2D eigenvalue weighted by atomic mass is 9.99. The van der Waals surface area contributed by atoms with Gasteiger partial charge in [-0.2, -0.15) is 67.6 Å². The summed E-state index contributed by atoms with van der Waals surface area (Å²) >= 11 is 0. The monoisotopic (exact) mass is 2150 g/mol. The van der Waals surface area contributed by atoms with E-state index < -0.39 is 85.8 Å². The van der Waals surface area contributed by atoms with Gasteiger partial charge in [-0.3, -0.25) is 23.4 Å². The zero-order chi connectivity index (χ0) is 106. The van der Waals surface area contributed by atoms with E-state index in [0.29, 0.717) is 44.9 Å². The minimum Gasteiger partial charge on any atom is -0.493 e. The molecule has 5 aromatic heterocycles. The summed E-state index contributed by atoms with van der Waals surface area (Å²) in [5.74, 6) is 0.781. The Hall–Kier alpha value is -12.2. The van der Waals surface area contributed by atoms with Gasteiger partial charge in [0.1, 0.15) is 5.75 Å². The number of ether oxygens (including phenoxy) is 1. The zero-order valence-electron chi connectivity index (χ0n) is 87.2. The van der Waals surface area contributed by atoms with Crippen LogP contribution in [-0.4, -0.2) is 218 Å². The number of likely N-dealkylation sites (N-methyl/N-ethyl adjacent to an activating group) is 3. The van der Waals surface area contributed by atoms with Crippen LogP contribution in [0.4, 0.5) is 52.4 Å². The van der Waals surface area contributed by atoms with Crippen LogP contribution in [0.15, 0.2) is 104 Å². The van der Waals surface area contributed by atoms with Crippen LogP contribution in [-0.2, 0) is 197 Å². The Kier molecular flexibility index (Phi) is 32.0. The number of rotatable bonds is 28. The van der Waals surface area contributed by atoms with Crippen LogP contribution in [0.5, 0.6) is 5.75 Å². The Labute approximate surface area is 877 Å². The Morgan fingerprint density at radius 3 is 1.13 bits per heavy atom. The maximum absolute atomic E-state index is 12.8. The van der Waals surface area contributed by atoms with Crippen molar-refractivity contribution in [2.75, 3.05) is 109 Å². The van der Waals surface area contributed by atoms with Gasteiger partial charge in [0.15, 0.2) is 25.1 Å². The first-order chi connectivity index (χ1) is 71.6. The number of aromatic nitrogens is 10. The fraction of sp³-hybridized carbons (Fsp3) is 0.519. The largest absolute Gasteiger partial charge is 0.493 e. The first-order valence-electron chi connectivity index (χ1n) is 52.3. The smallest absolute Gasteiger partial charge is 0.333 e. The van der Waals surface area contributed by atoms with E-state index in [4.69, 9.17) is 4.74 Å². The molecule has 12 N–H and O–H groups in total. The molecule has 1 saturated carbocycles. The fourth-order valence-corrected chi connectivity index (χ4v) is 27.5. The van der Waals surface area contributed by atoms with Gasteiger partial charge in [0.05, 0.1) is 47.3 Å². The molecule has 7 heterocycles. The number of urea groups is 5. The number of aryl methyl sites for hydroxylation is 10. The van der Waals surface area contributed by atoms with Gasteiger partial charge in [-0.15, -0.1) is 0 Å². The maximum Gasteiger partial charge on any atom is 0.333 e. The number of carbonyl (C=O) groups is 5. The maximum atomic E-state index is 12.8. The summed E-state index contributed by atoms with van der Waals surface area (Å²) in [4.78, 5) is 69.5. The number of benzene rings is 5. The molecule has 1 unspecified atom stereocenters. The number of hydrogen-bond donors (Lipinski definition) is 12. The average molecular weight is 2160 g/mol. The Morgan fingerprint density at radius 2 is 0.767 bits per heavy atom. The third-order valence-corrected chi connectivity index (χ3v) is 36.2. The standard InChI is InChI=1S/2C21H27N5O3S.2C21H29N5O3S.C20H27N5O4S/c1-25-10-8-16(13-25)26-11-9-19(23-26)30(28,29)24-21(27)22-20-17-6-2-4-14(17)12-15-5-3-7-18(15)20;1-22-12-16-11-19(24-26(16)15-8-9-15)30(28,29)25-21(27)23-20-17-6-2-4-13(17)10-14-5-3-7-18(14)20;1-21(2,13-22-3)26-11-10-18(24-26)30(28,29)25-20(27)23-19-16-8-4-6-14(16)12-15-7-5-9-17(15)19;1-14(13-25(2)3)26-11-10-19(23-26)30(28,29)24-21(27)22-20-17-8-4-6-15(17)12-16-7-5-9-18(16)20;1-4-25-14(12-24(2)3)11-18(22-25)30(27,28)23-20(26)21-19-15-7-5-6-13(15)10-17-16(19)8-9-29-17/h9,11-12,16H,2-8,10,13H2,1H3,(H2,22,24,27);10-11,15,22H,2-9,12H2,1H3,(H2,23,25,27);10-12,22H,4-9,13H2,1-3H3,(H2,23,25,27);10-12,14H,4-9,13H2,1-3H3,(H2,22,24,27);10-11H,4-9,12H2,1-3H3,(H2,21,23,26)/t;;;14-;/m...0./s1. The predicted octanol–water partition coefficient (Wildman–Crippen LogP) is 11.4. The average Bonchev–Trinajstić information content (AvgIpc) is 1.61. The van der Waals surface area contributed by atoms with Gasteiger partial charge < -0.3 is 56.7 Å². The molecule has 22 rings (SSSR count). The highest BCUT2D eigenvalue weighted by Crippen LogP contribution is 2.46. The Bertz CT molecular complexity index is 7350. The number of hydrogen-bond acceptors (Lipinski definition) is 26. The molecule has 1 saturated heterocycles. The molecule has 10 aliphatic carbocycles. The van der Waals surface area contributed by atoms with Gasteiger partial charge in [-0.05, 0) is 401 Å². The minimum atomic E-state index is -4.10. The fourth-order valence-electron chi connectivity index (χ4n) is 23.2. The molecule has 150 heavy (non-hydrogen) atoms. The molecule has 2 atom stereocenters. The van der Waals surface area contributed by atoms with E-state index >= 15 is 0 Å². The summed E-state index contributed by atoms with van der Waals surface area (Å²) in [7, 11) is -6.98. The van der Waals surface area contributed by atoms with Crippen LogP contribution in [0.2, 0.25) is 0 Å². The number of fused-ring (bicyclic) bond motifs is 10. The number of carbonyl (C=O) groups excluding carboxylic acids is 5. The van der Waals surface area contributed by atoms with Crippen LogP contribution in [0, 0.1) is 0 Å². The summed E-state index contributed by atoms with van der Waals surface area (Å²) in [6.07, 6.45) is 35.3. The summed E-state index contributed by atoms with van der Waals surface area (Å²) in [5, 5.41) is 40.6. The first kappa shape index (κ1) is 108. The third kappa shape index (κ3) is 24.0. The van der Waals surface area contributed by atoms with E-state index in [1.165, 1.54) is 68.8 Å². The summed E-state index contributed by atoms with van der Waals surface area (Å²) in [6.45, 7) is 13.0. The summed E-state index contributed by atoms with van der Waals surface area (Å²) in [5.41, 5.74) is 27.8. The van der Waals surface area contributed by atoms with E-state index in [9.17, 15) is 66.1 Å². The highest BCUT2D eigenvalue weighted by Gasteiger charge is 2.39. The van der Waals surface area contributed by atoms with E-state index in [-0.39, 0.29) is 43.3 Å². The molecule has 0 bridgehead atoms. The minimum absolute atomic E-state index is 0.00673. The van der Waals surface area contributed by atoms with Gasteiger partial charge in [0.25, 0.3) is 50.1 Å². The van der Waals surface area contributed by atoms with Gasteiger partial charge >= 0.3 is 30.2 Å². The van der Waals surface area contributed by atoms with Crippen LogP contribution in [0.3, 0.4) is 0 Å². The van der Waals surface area contributed by atoms with Gasteiger partial charge in [-0.1, -0.05) is 24.3 Å². The van der Waals surface area contributed by atoms with Crippen molar-refractivity contribution in [1.82, 2.24) is 97.8 Å². The van der Waals surface area contributed by atoms with Crippen molar-refractivity contribution >= 4 is 109 Å².